The highest BCUT2D eigenvalue weighted by molar-refractivity contribution is 7.21. The van der Waals surface area contributed by atoms with E-state index < -0.39 is 23.2 Å². The standard InChI is InChI=1S/C20H8F2N2O3S/c21-13-6-10-11(7-14(13)22)17(26)12(16(10)25)8-15-23-20-18(27-15)24-19(28-20)9-4-2-1-3-5-9/h1-8H. The normalized spacial score (nSPS) is 13.4. The van der Waals surface area contributed by atoms with Crippen molar-refractivity contribution in [3.8, 4) is 10.6 Å². The zero-order valence-electron chi connectivity index (χ0n) is 13.9. The predicted molar refractivity (Wildman–Crippen MR) is 98.1 cm³/mol. The Bertz CT molecular complexity index is 1250. The van der Waals surface area contributed by atoms with Crippen LogP contribution in [0.2, 0.25) is 0 Å². The van der Waals surface area contributed by atoms with Gasteiger partial charge in [0.25, 0.3) is 5.71 Å². The van der Waals surface area contributed by atoms with E-state index in [2.05, 4.69) is 9.97 Å². The number of rotatable bonds is 2. The number of thiazole rings is 1. The molecule has 1 aliphatic carbocycles. The Morgan fingerprint density at radius 3 is 2.18 bits per heavy atom. The highest BCUT2D eigenvalue weighted by Gasteiger charge is 2.35. The molecular formula is C20H8F2N2O3S. The summed E-state index contributed by atoms with van der Waals surface area (Å²) in [6.45, 7) is 0. The van der Waals surface area contributed by atoms with Gasteiger partial charge in [-0.25, -0.2) is 8.78 Å². The van der Waals surface area contributed by atoms with Crippen molar-refractivity contribution < 1.29 is 22.8 Å². The van der Waals surface area contributed by atoms with Gasteiger partial charge in [0.15, 0.2) is 28.0 Å². The topological polar surface area (TPSA) is 73.1 Å². The Morgan fingerprint density at radius 1 is 0.929 bits per heavy atom. The Kier molecular flexibility index (Phi) is 3.56. The van der Waals surface area contributed by atoms with Crippen LogP contribution in [-0.4, -0.2) is 21.5 Å². The molecule has 8 heteroatoms. The van der Waals surface area contributed by atoms with Crippen molar-refractivity contribution in [3.63, 3.8) is 0 Å². The summed E-state index contributed by atoms with van der Waals surface area (Å²) in [6.07, 6.45) is 1.18. The molecule has 0 saturated carbocycles. The molecule has 0 N–H and O–H groups in total. The van der Waals surface area contributed by atoms with Crippen molar-refractivity contribution in [2.24, 2.45) is 0 Å². The Labute approximate surface area is 160 Å². The molecule has 0 spiro atoms. The van der Waals surface area contributed by atoms with E-state index in [0.29, 0.717) is 4.83 Å². The van der Waals surface area contributed by atoms with E-state index in [0.717, 1.165) is 22.7 Å². The number of ketones is 2. The lowest BCUT2D eigenvalue weighted by Crippen LogP contribution is -2.00. The van der Waals surface area contributed by atoms with Gasteiger partial charge in [0.1, 0.15) is 5.01 Å². The van der Waals surface area contributed by atoms with Gasteiger partial charge in [-0.05, 0) is 12.1 Å². The van der Waals surface area contributed by atoms with Crippen LogP contribution in [0.3, 0.4) is 0 Å². The number of Topliss-reactive ketones (excluding diaryl/α,β-unsaturated/α-hetero) is 2. The number of benzene rings is 2. The van der Waals surface area contributed by atoms with E-state index in [1.54, 1.807) is 0 Å². The number of hydrogen-bond acceptors (Lipinski definition) is 6. The zero-order valence-corrected chi connectivity index (χ0v) is 14.7. The van der Waals surface area contributed by atoms with Crippen molar-refractivity contribution >= 4 is 39.5 Å². The van der Waals surface area contributed by atoms with Gasteiger partial charge in [-0.2, -0.15) is 9.97 Å². The van der Waals surface area contributed by atoms with Crippen LogP contribution >= 0.6 is 11.3 Å². The third kappa shape index (κ3) is 2.49. The Morgan fingerprint density at radius 2 is 1.57 bits per heavy atom. The quantitative estimate of drug-likeness (QED) is 0.364. The van der Waals surface area contributed by atoms with Crippen molar-refractivity contribution in [2.45, 2.75) is 0 Å². The van der Waals surface area contributed by atoms with E-state index in [-0.39, 0.29) is 28.3 Å². The lowest BCUT2D eigenvalue weighted by Gasteiger charge is -1.96. The van der Waals surface area contributed by atoms with E-state index >= 15 is 0 Å². The Hall–Kier alpha value is -3.52. The molecule has 5 rings (SSSR count). The van der Waals surface area contributed by atoms with Crippen LogP contribution in [0, 0.1) is 11.6 Å². The molecule has 0 aliphatic heterocycles. The maximum atomic E-state index is 13.4. The summed E-state index contributed by atoms with van der Waals surface area (Å²) in [5.74, 6) is -3.73. The molecule has 1 aliphatic rings. The highest BCUT2D eigenvalue weighted by Crippen LogP contribution is 2.33. The number of carbonyl (C=O) groups excluding carboxylic acids is 2. The minimum atomic E-state index is -1.18. The van der Waals surface area contributed by atoms with Crippen molar-refractivity contribution in [3.05, 3.63) is 76.7 Å². The number of nitrogens with zero attached hydrogens (tertiary/aromatic N) is 2. The SMILES string of the molecule is O=C1C(=Cc2nc3sc(-c4ccccc4)nc3o2)C(=O)c2cc(F)c(F)cc21. The number of fused-ring (bicyclic) bond motifs is 2. The molecule has 0 atom stereocenters. The molecular weight excluding hydrogens is 386 g/mol. The molecule has 2 aromatic carbocycles. The van der Waals surface area contributed by atoms with E-state index in [1.807, 2.05) is 30.3 Å². The minimum Gasteiger partial charge on any atom is -0.417 e. The number of hydrogen-bond donors (Lipinski definition) is 0. The monoisotopic (exact) mass is 394 g/mol. The number of oxazole rings is 1. The average molecular weight is 394 g/mol. The summed E-state index contributed by atoms with van der Waals surface area (Å²) >= 11 is 1.31. The van der Waals surface area contributed by atoms with Crippen LogP contribution in [-0.2, 0) is 0 Å². The van der Waals surface area contributed by atoms with E-state index in [9.17, 15) is 18.4 Å². The molecule has 0 saturated heterocycles. The maximum Gasteiger partial charge on any atom is 0.259 e. The third-order valence-corrected chi connectivity index (χ3v) is 5.30. The zero-order chi connectivity index (χ0) is 19.4. The van der Waals surface area contributed by atoms with Crippen LogP contribution in [0.15, 0.2) is 52.5 Å². The summed E-state index contributed by atoms with van der Waals surface area (Å²) < 4.78 is 32.4. The number of allylic oxidation sites excluding steroid dienone is 1. The predicted octanol–water partition coefficient (Wildman–Crippen LogP) is 4.69. The van der Waals surface area contributed by atoms with Gasteiger partial charge in [0, 0.05) is 22.8 Å². The summed E-state index contributed by atoms with van der Waals surface area (Å²) in [7, 11) is 0. The first kappa shape index (κ1) is 16.6. The molecule has 5 nitrogen and oxygen atoms in total. The van der Waals surface area contributed by atoms with Crippen molar-refractivity contribution in [2.75, 3.05) is 0 Å². The molecule has 4 aromatic rings. The first-order chi connectivity index (χ1) is 13.5. The number of halogens is 2. The molecule has 28 heavy (non-hydrogen) atoms. The lowest BCUT2D eigenvalue weighted by atomic mass is 10.1. The van der Waals surface area contributed by atoms with Gasteiger partial charge in [0.05, 0.1) is 5.57 Å². The maximum absolute atomic E-state index is 13.4. The van der Waals surface area contributed by atoms with Gasteiger partial charge < -0.3 is 4.42 Å². The second kappa shape index (κ2) is 6.00. The minimum absolute atomic E-state index is 0.0267. The molecule has 0 bridgehead atoms. The first-order valence-electron chi connectivity index (χ1n) is 8.14. The third-order valence-electron chi connectivity index (χ3n) is 4.32. The van der Waals surface area contributed by atoms with Crippen LogP contribution in [0.4, 0.5) is 8.78 Å². The van der Waals surface area contributed by atoms with Crippen LogP contribution in [0.1, 0.15) is 26.6 Å². The Balaban J connectivity index is 1.53. The number of aromatic nitrogens is 2. The summed E-state index contributed by atoms with van der Waals surface area (Å²) in [5.41, 5.74) is 0.600. The molecule has 0 fully saturated rings. The molecule has 136 valence electrons. The fourth-order valence-corrected chi connectivity index (χ4v) is 3.87. The van der Waals surface area contributed by atoms with Gasteiger partial charge in [-0.15, -0.1) is 0 Å². The van der Waals surface area contributed by atoms with Gasteiger partial charge in [0.2, 0.25) is 5.89 Å². The fraction of sp³-hybridized carbons (Fsp3) is 0. The summed E-state index contributed by atoms with van der Waals surface area (Å²) in [6, 6.07) is 11.0. The average Bonchev–Trinajstić information content (AvgIpc) is 3.31. The van der Waals surface area contributed by atoms with Crippen LogP contribution in [0.5, 0.6) is 0 Å². The van der Waals surface area contributed by atoms with Crippen molar-refractivity contribution in [1.29, 1.82) is 0 Å². The lowest BCUT2D eigenvalue weighted by molar-refractivity contribution is 0.0990. The van der Waals surface area contributed by atoms with Crippen LogP contribution in [0.25, 0.3) is 27.2 Å². The molecule has 2 heterocycles. The second-order valence-electron chi connectivity index (χ2n) is 6.08. The van der Waals surface area contributed by atoms with Gasteiger partial charge in [-0.3, -0.25) is 9.59 Å². The number of carbonyl (C=O) groups is 2. The largest absolute Gasteiger partial charge is 0.417 e. The van der Waals surface area contributed by atoms with E-state index in [4.69, 9.17) is 4.42 Å². The molecule has 0 amide bonds. The summed E-state index contributed by atoms with van der Waals surface area (Å²) in [5, 5.41) is 0.729. The van der Waals surface area contributed by atoms with Gasteiger partial charge >= 0.3 is 0 Å². The summed E-state index contributed by atoms with van der Waals surface area (Å²) in [4.78, 5) is 33.9. The molecule has 0 radical (unpaired) electrons. The van der Waals surface area contributed by atoms with Crippen LogP contribution < -0.4 is 0 Å². The highest BCUT2D eigenvalue weighted by atomic mass is 32.1. The first-order valence-corrected chi connectivity index (χ1v) is 8.96. The second-order valence-corrected chi connectivity index (χ2v) is 7.05. The smallest absolute Gasteiger partial charge is 0.259 e. The van der Waals surface area contributed by atoms with E-state index in [1.165, 1.54) is 17.4 Å². The van der Waals surface area contributed by atoms with Gasteiger partial charge in [-0.1, -0.05) is 41.7 Å². The molecule has 2 aromatic heterocycles. The van der Waals surface area contributed by atoms with Crippen molar-refractivity contribution in [1.82, 2.24) is 9.97 Å². The fourth-order valence-electron chi connectivity index (χ4n) is 2.99. The molecule has 0 unspecified atom stereocenters.